The van der Waals surface area contributed by atoms with Crippen molar-refractivity contribution >= 4 is 11.0 Å². The number of hydrogen-bond donors (Lipinski definition) is 1. The van der Waals surface area contributed by atoms with E-state index in [-0.39, 0.29) is 0 Å². The third-order valence-electron chi connectivity index (χ3n) is 6.20. The lowest BCUT2D eigenvalue weighted by molar-refractivity contribution is 0.268. The number of hydrogen-bond acceptors (Lipinski definition) is 4. The summed E-state index contributed by atoms with van der Waals surface area (Å²) in [6.45, 7) is 10.5. The molecule has 1 saturated heterocycles. The fraction of sp³-hybridized carbons (Fsp3) is 0.393. The molecule has 3 heterocycles. The summed E-state index contributed by atoms with van der Waals surface area (Å²) < 4.78 is 12.3. The predicted molar refractivity (Wildman–Crippen MR) is 133 cm³/mol. The van der Waals surface area contributed by atoms with E-state index < -0.39 is 0 Å². The van der Waals surface area contributed by atoms with Crippen LogP contribution in [0.2, 0.25) is 0 Å². The molecule has 2 aromatic heterocycles. The van der Waals surface area contributed by atoms with Crippen molar-refractivity contribution in [2.75, 3.05) is 19.7 Å². The van der Waals surface area contributed by atoms with Crippen molar-refractivity contribution in [1.29, 1.82) is 0 Å². The lowest BCUT2D eigenvalue weighted by Gasteiger charge is -2.14. The quantitative estimate of drug-likeness (QED) is 0.345. The van der Waals surface area contributed by atoms with Crippen LogP contribution in [0.4, 0.5) is 0 Å². The first-order valence-corrected chi connectivity index (χ1v) is 12.1. The van der Waals surface area contributed by atoms with Crippen LogP contribution in [0.3, 0.4) is 0 Å². The van der Waals surface area contributed by atoms with E-state index in [4.69, 9.17) is 14.1 Å². The third-order valence-corrected chi connectivity index (χ3v) is 6.20. The van der Waals surface area contributed by atoms with Crippen LogP contribution in [0.5, 0.6) is 5.75 Å². The molecule has 0 bridgehead atoms. The lowest BCUT2D eigenvalue weighted by Crippen LogP contribution is -2.18. The number of nitrogens with zero attached hydrogens (tertiary/aromatic N) is 2. The topological polar surface area (TPSA) is 54.3 Å². The molecular weight excluding hydrogens is 410 g/mol. The molecule has 0 saturated carbocycles. The Morgan fingerprint density at radius 2 is 1.91 bits per heavy atom. The number of benzene rings is 2. The second kappa shape index (κ2) is 9.44. The second-order valence-electron chi connectivity index (χ2n) is 9.68. The first kappa shape index (κ1) is 21.8. The molecule has 0 amide bonds. The summed E-state index contributed by atoms with van der Waals surface area (Å²) in [5, 5.41) is 0. The summed E-state index contributed by atoms with van der Waals surface area (Å²) in [5.41, 5.74) is 5.72. The number of imidazole rings is 1. The number of H-pyrrole nitrogens is 1. The van der Waals surface area contributed by atoms with Gasteiger partial charge in [0.25, 0.3) is 0 Å². The average molecular weight is 444 g/mol. The summed E-state index contributed by atoms with van der Waals surface area (Å²) in [6.07, 6.45) is 3.31. The maximum absolute atomic E-state index is 6.20. The van der Waals surface area contributed by atoms with Crippen molar-refractivity contribution in [3.63, 3.8) is 0 Å². The fourth-order valence-corrected chi connectivity index (χ4v) is 4.50. The standard InChI is InChI=1S/C28H33N3O2/c1-19(2)18-32-26-10-6-20(3)14-22(26)16-23-8-11-27(33-23)28-29-24-9-7-21(15-25(24)30-28)17-31-12-4-5-13-31/h6-11,14-15,19H,4-5,12-13,16-18H2,1-3H3,(H,29,30). The van der Waals surface area contributed by atoms with E-state index in [1.807, 2.05) is 12.1 Å². The number of ether oxygens (including phenoxy) is 1. The van der Waals surface area contributed by atoms with Gasteiger partial charge in [-0.05, 0) is 74.7 Å². The molecule has 5 heteroatoms. The number of aromatic nitrogens is 2. The SMILES string of the molecule is Cc1ccc(OCC(C)C)c(Cc2ccc(-c3nc4ccc(CN5CCCC5)cc4[nH]3)o2)c1. The molecule has 1 fully saturated rings. The van der Waals surface area contributed by atoms with E-state index in [9.17, 15) is 0 Å². The Hall–Kier alpha value is -3.05. The second-order valence-corrected chi connectivity index (χ2v) is 9.68. The molecular formula is C28H33N3O2. The molecule has 5 nitrogen and oxygen atoms in total. The van der Waals surface area contributed by atoms with E-state index in [0.29, 0.717) is 18.9 Å². The summed E-state index contributed by atoms with van der Waals surface area (Å²) >= 11 is 0. The van der Waals surface area contributed by atoms with Gasteiger partial charge in [0.2, 0.25) is 0 Å². The van der Waals surface area contributed by atoms with Crippen LogP contribution < -0.4 is 4.74 Å². The van der Waals surface area contributed by atoms with E-state index in [1.54, 1.807) is 0 Å². The highest BCUT2D eigenvalue weighted by Crippen LogP contribution is 2.28. The summed E-state index contributed by atoms with van der Waals surface area (Å²) in [6, 6.07) is 16.9. The minimum atomic E-state index is 0.485. The van der Waals surface area contributed by atoms with Crippen molar-refractivity contribution in [3.05, 3.63) is 71.0 Å². The normalized spacial score (nSPS) is 14.5. The van der Waals surface area contributed by atoms with Crippen molar-refractivity contribution in [3.8, 4) is 17.3 Å². The molecule has 0 unspecified atom stereocenters. The number of furan rings is 1. The summed E-state index contributed by atoms with van der Waals surface area (Å²) in [5.74, 6) is 3.86. The Bertz CT molecular complexity index is 1230. The highest BCUT2D eigenvalue weighted by atomic mass is 16.5. The lowest BCUT2D eigenvalue weighted by atomic mass is 10.1. The Morgan fingerprint density at radius 3 is 2.73 bits per heavy atom. The van der Waals surface area contributed by atoms with Gasteiger partial charge in [-0.15, -0.1) is 0 Å². The number of likely N-dealkylation sites (tertiary alicyclic amines) is 1. The van der Waals surface area contributed by atoms with Crippen molar-refractivity contribution < 1.29 is 9.15 Å². The monoisotopic (exact) mass is 443 g/mol. The van der Waals surface area contributed by atoms with Crippen molar-refractivity contribution in [2.45, 2.75) is 46.6 Å². The van der Waals surface area contributed by atoms with Gasteiger partial charge in [-0.2, -0.15) is 0 Å². The zero-order chi connectivity index (χ0) is 22.8. The maximum atomic E-state index is 6.20. The Kier molecular flexibility index (Phi) is 6.23. The van der Waals surface area contributed by atoms with Gasteiger partial charge in [-0.3, -0.25) is 4.90 Å². The molecule has 0 spiro atoms. The van der Waals surface area contributed by atoms with Crippen LogP contribution in [0, 0.1) is 12.8 Å². The zero-order valence-corrected chi connectivity index (χ0v) is 19.9. The molecule has 2 aromatic carbocycles. The summed E-state index contributed by atoms with van der Waals surface area (Å²) in [4.78, 5) is 10.7. The van der Waals surface area contributed by atoms with E-state index in [0.717, 1.165) is 46.2 Å². The van der Waals surface area contributed by atoms with Gasteiger partial charge in [-0.1, -0.05) is 37.6 Å². The van der Waals surface area contributed by atoms with Crippen molar-refractivity contribution in [2.24, 2.45) is 5.92 Å². The van der Waals surface area contributed by atoms with Crippen LogP contribution >= 0.6 is 0 Å². The molecule has 4 aromatic rings. The number of aromatic amines is 1. The van der Waals surface area contributed by atoms with Gasteiger partial charge in [0, 0.05) is 18.5 Å². The predicted octanol–water partition coefficient (Wildman–Crippen LogP) is 6.35. The average Bonchev–Trinajstić information content (AvgIpc) is 3.53. The largest absolute Gasteiger partial charge is 0.493 e. The van der Waals surface area contributed by atoms with E-state index in [1.165, 1.54) is 37.1 Å². The summed E-state index contributed by atoms with van der Waals surface area (Å²) in [7, 11) is 0. The van der Waals surface area contributed by atoms with Crippen LogP contribution in [0.25, 0.3) is 22.6 Å². The van der Waals surface area contributed by atoms with Gasteiger partial charge in [0.05, 0.1) is 17.6 Å². The van der Waals surface area contributed by atoms with Gasteiger partial charge < -0.3 is 14.1 Å². The minimum absolute atomic E-state index is 0.485. The van der Waals surface area contributed by atoms with Crippen LogP contribution in [-0.4, -0.2) is 34.6 Å². The van der Waals surface area contributed by atoms with Crippen LogP contribution in [0.1, 0.15) is 49.1 Å². The third kappa shape index (κ3) is 5.14. The van der Waals surface area contributed by atoms with Crippen molar-refractivity contribution in [1.82, 2.24) is 14.9 Å². The smallest absolute Gasteiger partial charge is 0.174 e. The molecule has 0 aliphatic carbocycles. The zero-order valence-electron chi connectivity index (χ0n) is 19.9. The molecule has 0 atom stereocenters. The molecule has 1 aliphatic rings. The number of nitrogens with one attached hydrogen (secondary N) is 1. The highest BCUT2D eigenvalue weighted by molar-refractivity contribution is 5.79. The Labute approximate surface area is 195 Å². The molecule has 33 heavy (non-hydrogen) atoms. The Morgan fingerprint density at radius 1 is 1.06 bits per heavy atom. The molecule has 5 rings (SSSR count). The number of fused-ring (bicyclic) bond motifs is 1. The number of aryl methyl sites for hydroxylation is 1. The molecule has 172 valence electrons. The van der Waals surface area contributed by atoms with Crippen LogP contribution in [0.15, 0.2) is 52.9 Å². The Balaban J connectivity index is 1.34. The first-order valence-electron chi connectivity index (χ1n) is 12.1. The molecule has 1 aliphatic heterocycles. The number of rotatable bonds is 8. The molecule has 0 radical (unpaired) electrons. The van der Waals surface area contributed by atoms with Gasteiger partial charge in [0.1, 0.15) is 11.5 Å². The fourth-order valence-electron chi connectivity index (χ4n) is 4.50. The van der Waals surface area contributed by atoms with E-state index in [2.05, 4.69) is 67.1 Å². The first-order chi connectivity index (χ1) is 16.0. The highest BCUT2D eigenvalue weighted by Gasteiger charge is 2.15. The van der Waals surface area contributed by atoms with Gasteiger partial charge in [-0.25, -0.2) is 4.98 Å². The van der Waals surface area contributed by atoms with E-state index >= 15 is 0 Å². The molecule has 1 N–H and O–H groups in total. The van der Waals surface area contributed by atoms with Gasteiger partial charge in [0.15, 0.2) is 11.6 Å². The maximum Gasteiger partial charge on any atom is 0.174 e. The minimum Gasteiger partial charge on any atom is -0.493 e. The van der Waals surface area contributed by atoms with Crippen LogP contribution in [-0.2, 0) is 13.0 Å². The van der Waals surface area contributed by atoms with Gasteiger partial charge >= 0.3 is 0 Å².